The molecular formula is C37H38N2O10. The standard InChI is InChI=1S/C37H38N2O10/c1-47-28-19-23(17-27(42)33(28)43)30-31-22(18-29(48-2)34(44)35(31)49-3)16-26(36(45)38-14-12-20-4-8-24(40)9-5-20)32(30)37(46)39-15-13-21-6-10-25(41)11-7-21/h4-11,16-19,30,32,40-44H,12-15H2,1-3H3,(H,38,45)(H,39,46)/t30-,32-/m0/s1. The number of nitrogens with one attached hydrogen (secondary N) is 2. The zero-order chi connectivity index (χ0) is 35.2. The van der Waals surface area contributed by atoms with Gasteiger partial charge in [-0.15, -0.1) is 0 Å². The molecule has 4 aromatic carbocycles. The summed E-state index contributed by atoms with van der Waals surface area (Å²) < 4.78 is 16.4. The molecule has 0 bridgehead atoms. The van der Waals surface area contributed by atoms with Crippen LogP contribution in [0, 0.1) is 5.92 Å². The number of rotatable bonds is 12. The molecule has 5 rings (SSSR count). The fourth-order valence-corrected chi connectivity index (χ4v) is 6.06. The number of ether oxygens (including phenoxy) is 3. The van der Waals surface area contributed by atoms with Gasteiger partial charge >= 0.3 is 0 Å². The highest BCUT2D eigenvalue weighted by atomic mass is 16.5. The number of hydrogen-bond donors (Lipinski definition) is 7. The van der Waals surface area contributed by atoms with E-state index in [1.807, 2.05) is 0 Å². The first-order valence-corrected chi connectivity index (χ1v) is 15.5. The molecule has 0 radical (unpaired) electrons. The molecule has 0 spiro atoms. The summed E-state index contributed by atoms with van der Waals surface area (Å²) in [5.41, 5.74) is 2.87. The van der Waals surface area contributed by atoms with Gasteiger partial charge in [-0.2, -0.15) is 0 Å². The van der Waals surface area contributed by atoms with Crippen LogP contribution < -0.4 is 24.8 Å². The van der Waals surface area contributed by atoms with Crippen LogP contribution in [0.25, 0.3) is 6.08 Å². The molecule has 12 heteroatoms. The summed E-state index contributed by atoms with van der Waals surface area (Å²) in [7, 11) is 4.03. The van der Waals surface area contributed by atoms with E-state index in [0.717, 1.165) is 11.1 Å². The number of aromatic hydroxyl groups is 5. The van der Waals surface area contributed by atoms with Crippen molar-refractivity contribution in [3.8, 4) is 46.0 Å². The number of carbonyl (C=O) groups is 2. The Kier molecular flexibility index (Phi) is 10.4. The summed E-state index contributed by atoms with van der Waals surface area (Å²) in [6.07, 6.45) is 2.42. The first-order valence-electron chi connectivity index (χ1n) is 15.5. The van der Waals surface area contributed by atoms with Gasteiger partial charge in [0.25, 0.3) is 0 Å². The summed E-state index contributed by atoms with van der Waals surface area (Å²) in [5, 5.41) is 57.4. The zero-order valence-corrected chi connectivity index (χ0v) is 27.2. The van der Waals surface area contributed by atoms with Crippen LogP contribution >= 0.6 is 0 Å². The Hall–Kier alpha value is -6.04. The van der Waals surface area contributed by atoms with E-state index in [9.17, 15) is 35.1 Å². The van der Waals surface area contributed by atoms with Gasteiger partial charge in [0.05, 0.1) is 27.2 Å². The molecule has 0 aromatic heterocycles. The highest BCUT2D eigenvalue weighted by molar-refractivity contribution is 6.06. The fourth-order valence-electron chi connectivity index (χ4n) is 6.06. The van der Waals surface area contributed by atoms with Gasteiger partial charge in [-0.3, -0.25) is 9.59 Å². The molecule has 0 unspecified atom stereocenters. The van der Waals surface area contributed by atoms with E-state index in [4.69, 9.17) is 14.2 Å². The Morgan fingerprint density at radius 2 is 1.24 bits per heavy atom. The van der Waals surface area contributed by atoms with Gasteiger partial charge in [0.1, 0.15) is 11.5 Å². The topological polar surface area (TPSA) is 187 Å². The lowest BCUT2D eigenvalue weighted by atomic mass is 9.70. The van der Waals surface area contributed by atoms with Gasteiger partial charge < -0.3 is 50.4 Å². The average molecular weight is 671 g/mol. The highest BCUT2D eigenvalue weighted by Gasteiger charge is 2.43. The van der Waals surface area contributed by atoms with E-state index in [-0.39, 0.29) is 58.7 Å². The second kappa shape index (κ2) is 14.8. The van der Waals surface area contributed by atoms with Crippen LogP contribution in [-0.4, -0.2) is 71.8 Å². The predicted octanol–water partition coefficient (Wildman–Crippen LogP) is 4.10. The third-order valence-electron chi connectivity index (χ3n) is 8.49. The monoisotopic (exact) mass is 670 g/mol. The molecule has 2 amide bonds. The van der Waals surface area contributed by atoms with Crippen molar-refractivity contribution in [2.75, 3.05) is 34.4 Å². The summed E-state index contributed by atoms with van der Waals surface area (Å²) in [6.45, 7) is 0.397. The van der Waals surface area contributed by atoms with Crippen molar-refractivity contribution in [3.63, 3.8) is 0 Å². The molecular weight excluding hydrogens is 632 g/mol. The molecule has 256 valence electrons. The number of hydrogen-bond acceptors (Lipinski definition) is 10. The molecule has 2 atom stereocenters. The average Bonchev–Trinajstić information content (AvgIpc) is 3.10. The third-order valence-corrected chi connectivity index (χ3v) is 8.49. The Morgan fingerprint density at radius 3 is 1.80 bits per heavy atom. The van der Waals surface area contributed by atoms with Gasteiger partial charge in [0.15, 0.2) is 23.0 Å². The Labute approximate surface area is 282 Å². The molecule has 1 aliphatic rings. The molecule has 0 saturated carbocycles. The lowest BCUT2D eigenvalue weighted by Crippen LogP contribution is -2.42. The minimum Gasteiger partial charge on any atom is -0.508 e. The van der Waals surface area contributed by atoms with Crippen LogP contribution in [0.3, 0.4) is 0 Å². The van der Waals surface area contributed by atoms with E-state index < -0.39 is 35.1 Å². The lowest BCUT2D eigenvalue weighted by Gasteiger charge is -2.35. The quantitative estimate of drug-likeness (QED) is 0.108. The van der Waals surface area contributed by atoms with E-state index >= 15 is 0 Å². The van der Waals surface area contributed by atoms with Crippen LogP contribution in [-0.2, 0) is 22.4 Å². The minimum atomic E-state index is -1.23. The Morgan fingerprint density at radius 1 is 0.694 bits per heavy atom. The van der Waals surface area contributed by atoms with Crippen molar-refractivity contribution < 1.29 is 49.3 Å². The Bertz CT molecular complexity index is 1870. The van der Waals surface area contributed by atoms with Crippen molar-refractivity contribution in [2.24, 2.45) is 5.92 Å². The van der Waals surface area contributed by atoms with Crippen LogP contribution in [0.4, 0.5) is 0 Å². The molecule has 0 aliphatic heterocycles. The number of carbonyl (C=O) groups excluding carboxylic acids is 2. The summed E-state index contributed by atoms with van der Waals surface area (Å²) in [4.78, 5) is 28.4. The Balaban J connectivity index is 1.61. The van der Waals surface area contributed by atoms with Crippen LogP contribution in [0.1, 0.15) is 33.7 Å². The van der Waals surface area contributed by atoms with Crippen LogP contribution in [0.2, 0.25) is 0 Å². The largest absolute Gasteiger partial charge is 0.508 e. The van der Waals surface area contributed by atoms with Gasteiger partial charge in [0, 0.05) is 30.1 Å². The smallest absolute Gasteiger partial charge is 0.248 e. The molecule has 1 aliphatic carbocycles. The number of amides is 2. The minimum absolute atomic E-state index is 0.00388. The molecule has 0 fully saturated rings. The SMILES string of the molecule is COc1cc([C@H]2c3c(cc(OC)c(O)c3OC)C=C(C(=O)NCCc3ccc(O)cc3)[C@@H]2C(=O)NCCc2ccc(O)cc2)cc(O)c1O. The van der Waals surface area contributed by atoms with Crippen molar-refractivity contribution >= 4 is 17.9 Å². The third kappa shape index (κ3) is 7.28. The normalized spacial score (nSPS) is 15.0. The highest BCUT2D eigenvalue weighted by Crippen LogP contribution is 2.54. The second-order valence-corrected chi connectivity index (χ2v) is 11.5. The van der Waals surface area contributed by atoms with Gasteiger partial charge in [0.2, 0.25) is 23.3 Å². The summed E-state index contributed by atoms with van der Waals surface area (Å²) in [6, 6.07) is 17.4. The molecule has 12 nitrogen and oxygen atoms in total. The van der Waals surface area contributed by atoms with Crippen molar-refractivity contribution in [2.45, 2.75) is 18.8 Å². The van der Waals surface area contributed by atoms with Crippen LogP contribution in [0.5, 0.6) is 46.0 Å². The molecule has 0 heterocycles. The maximum atomic E-state index is 14.3. The summed E-state index contributed by atoms with van der Waals surface area (Å²) >= 11 is 0. The maximum absolute atomic E-state index is 14.3. The molecule has 4 aromatic rings. The molecule has 49 heavy (non-hydrogen) atoms. The van der Waals surface area contributed by atoms with Crippen molar-refractivity contribution in [1.29, 1.82) is 0 Å². The predicted molar refractivity (Wildman–Crippen MR) is 180 cm³/mol. The fraction of sp³-hybridized carbons (Fsp3) is 0.243. The number of phenols is 5. The summed E-state index contributed by atoms with van der Waals surface area (Å²) in [5.74, 6) is -4.46. The number of fused-ring (bicyclic) bond motifs is 1. The van der Waals surface area contributed by atoms with Crippen molar-refractivity contribution in [3.05, 3.63) is 100 Å². The zero-order valence-electron chi connectivity index (χ0n) is 27.2. The van der Waals surface area contributed by atoms with Gasteiger partial charge in [-0.1, -0.05) is 24.3 Å². The second-order valence-electron chi connectivity index (χ2n) is 11.5. The van der Waals surface area contributed by atoms with E-state index in [1.54, 1.807) is 54.6 Å². The number of benzene rings is 4. The lowest BCUT2D eigenvalue weighted by molar-refractivity contribution is -0.127. The van der Waals surface area contributed by atoms with Gasteiger partial charge in [-0.25, -0.2) is 0 Å². The first-order chi connectivity index (χ1) is 23.6. The maximum Gasteiger partial charge on any atom is 0.248 e. The van der Waals surface area contributed by atoms with E-state index in [2.05, 4.69) is 10.6 Å². The van der Waals surface area contributed by atoms with Gasteiger partial charge in [-0.05, 0) is 83.6 Å². The van der Waals surface area contributed by atoms with E-state index in [1.165, 1.54) is 39.5 Å². The van der Waals surface area contributed by atoms with E-state index in [0.29, 0.717) is 24.0 Å². The number of phenolic OH excluding ortho intramolecular Hbond substituents is 5. The van der Waals surface area contributed by atoms with Crippen LogP contribution in [0.15, 0.2) is 72.3 Å². The number of methoxy groups -OCH3 is 3. The molecule has 0 saturated heterocycles. The van der Waals surface area contributed by atoms with Crippen molar-refractivity contribution in [1.82, 2.24) is 10.6 Å². The molecule has 7 N–H and O–H groups in total. The first kappa shape index (κ1) is 34.3.